The standard InChI is InChI=1S/C40H61FO4/c1-3-5-7-9-10-11-12-14-16-30-44-39-29-24-35(32-38(39)41)40(42)45-37-27-25-36(26-28-37)43-31-17-19-34-22-20-33(21-23-34)18-15-13-8-6-4-2/h24-29,32-34H,3-23,30-31H2,1-2H3/t33-,34-. The van der Waals surface area contributed by atoms with E-state index in [-0.39, 0.29) is 11.3 Å². The zero-order valence-electron chi connectivity index (χ0n) is 28.5. The number of benzene rings is 2. The highest BCUT2D eigenvalue weighted by Gasteiger charge is 2.20. The van der Waals surface area contributed by atoms with Crippen LogP contribution in [0.3, 0.4) is 0 Å². The van der Waals surface area contributed by atoms with E-state index in [9.17, 15) is 9.18 Å². The van der Waals surface area contributed by atoms with Crippen molar-refractivity contribution < 1.29 is 23.4 Å². The normalized spacial score (nSPS) is 16.4. The number of esters is 1. The third kappa shape index (κ3) is 15.5. The molecule has 1 aliphatic carbocycles. The van der Waals surface area contributed by atoms with E-state index < -0.39 is 11.8 Å². The lowest BCUT2D eigenvalue weighted by Gasteiger charge is -2.28. The molecule has 0 bridgehead atoms. The first-order valence-corrected chi connectivity index (χ1v) is 18.5. The van der Waals surface area contributed by atoms with E-state index in [0.717, 1.165) is 36.8 Å². The quantitative estimate of drug-likeness (QED) is 0.0662. The van der Waals surface area contributed by atoms with Gasteiger partial charge in [0, 0.05) is 0 Å². The van der Waals surface area contributed by atoms with Gasteiger partial charge in [0.1, 0.15) is 11.5 Å². The molecule has 1 saturated carbocycles. The fourth-order valence-corrected chi connectivity index (χ4v) is 6.52. The van der Waals surface area contributed by atoms with Crippen LogP contribution in [0.15, 0.2) is 42.5 Å². The van der Waals surface area contributed by atoms with Gasteiger partial charge in [-0.2, -0.15) is 0 Å². The molecule has 1 fully saturated rings. The zero-order chi connectivity index (χ0) is 32.0. The van der Waals surface area contributed by atoms with E-state index in [0.29, 0.717) is 19.0 Å². The first kappa shape index (κ1) is 36.9. The summed E-state index contributed by atoms with van der Waals surface area (Å²) in [5, 5.41) is 0. The maximum absolute atomic E-state index is 14.6. The third-order valence-electron chi connectivity index (χ3n) is 9.42. The second-order valence-electron chi connectivity index (χ2n) is 13.3. The summed E-state index contributed by atoms with van der Waals surface area (Å²) in [4.78, 5) is 12.6. The molecule has 5 heteroatoms. The van der Waals surface area contributed by atoms with Crippen molar-refractivity contribution >= 4 is 5.97 Å². The average Bonchev–Trinajstić information content (AvgIpc) is 3.06. The van der Waals surface area contributed by atoms with Gasteiger partial charge in [0.25, 0.3) is 0 Å². The van der Waals surface area contributed by atoms with Crippen molar-refractivity contribution in [3.63, 3.8) is 0 Å². The molecular weight excluding hydrogens is 563 g/mol. The predicted octanol–water partition coefficient (Wildman–Crippen LogP) is 12.3. The van der Waals surface area contributed by atoms with E-state index in [4.69, 9.17) is 14.2 Å². The molecule has 0 unspecified atom stereocenters. The molecule has 3 rings (SSSR count). The Bertz CT molecular complexity index is 1040. The SMILES string of the molecule is CCCCCCCCCCCOc1ccc(C(=O)Oc2ccc(OCCC[C@H]3CC[C@H](CCCCCCC)CC3)cc2)cc1F. The van der Waals surface area contributed by atoms with Crippen LogP contribution >= 0.6 is 0 Å². The summed E-state index contributed by atoms with van der Waals surface area (Å²) < 4.78 is 31.6. The van der Waals surface area contributed by atoms with Gasteiger partial charge in [0.15, 0.2) is 11.6 Å². The van der Waals surface area contributed by atoms with E-state index in [1.807, 2.05) is 12.1 Å². The molecule has 45 heavy (non-hydrogen) atoms. The minimum Gasteiger partial charge on any atom is -0.494 e. The fourth-order valence-electron chi connectivity index (χ4n) is 6.52. The highest BCUT2D eigenvalue weighted by Crippen LogP contribution is 2.34. The van der Waals surface area contributed by atoms with E-state index in [1.165, 1.54) is 128 Å². The lowest BCUT2D eigenvalue weighted by Crippen LogP contribution is -2.15. The number of ether oxygens (including phenoxy) is 3. The number of hydrogen-bond donors (Lipinski definition) is 0. The Kier molecular flexibility index (Phi) is 18.8. The second kappa shape index (κ2) is 22.9. The second-order valence-corrected chi connectivity index (χ2v) is 13.3. The smallest absolute Gasteiger partial charge is 0.343 e. The molecule has 0 amide bonds. The first-order chi connectivity index (χ1) is 22.1. The van der Waals surface area contributed by atoms with Gasteiger partial charge in [-0.15, -0.1) is 0 Å². The van der Waals surface area contributed by atoms with Gasteiger partial charge in [-0.1, -0.05) is 129 Å². The monoisotopic (exact) mass is 624 g/mol. The molecule has 4 nitrogen and oxygen atoms in total. The first-order valence-electron chi connectivity index (χ1n) is 18.5. The molecule has 252 valence electrons. The van der Waals surface area contributed by atoms with Crippen LogP contribution in [0.5, 0.6) is 17.2 Å². The summed E-state index contributed by atoms with van der Waals surface area (Å²) >= 11 is 0. The van der Waals surface area contributed by atoms with E-state index in [1.54, 1.807) is 18.2 Å². The lowest BCUT2D eigenvalue weighted by molar-refractivity contribution is 0.0734. The zero-order valence-corrected chi connectivity index (χ0v) is 28.5. The molecule has 0 spiro atoms. The molecule has 2 aromatic rings. The Labute approximate surface area is 273 Å². The van der Waals surface area contributed by atoms with Crippen LogP contribution in [-0.2, 0) is 0 Å². The summed E-state index contributed by atoms with van der Waals surface area (Å²) in [6.07, 6.45) is 27.2. The van der Waals surface area contributed by atoms with Crippen molar-refractivity contribution in [2.24, 2.45) is 11.8 Å². The van der Waals surface area contributed by atoms with Gasteiger partial charge in [0.05, 0.1) is 18.8 Å². The van der Waals surface area contributed by atoms with Crippen LogP contribution in [0.1, 0.15) is 159 Å². The highest BCUT2D eigenvalue weighted by molar-refractivity contribution is 5.91. The minimum absolute atomic E-state index is 0.157. The third-order valence-corrected chi connectivity index (χ3v) is 9.42. The molecule has 0 aliphatic heterocycles. The maximum atomic E-state index is 14.6. The fraction of sp³-hybridized carbons (Fsp3) is 0.675. The number of hydrogen-bond acceptors (Lipinski definition) is 4. The van der Waals surface area contributed by atoms with Crippen molar-refractivity contribution in [3.8, 4) is 17.2 Å². The van der Waals surface area contributed by atoms with Crippen molar-refractivity contribution in [2.45, 2.75) is 149 Å². The van der Waals surface area contributed by atoms with Gasteiger partial charge in [-0.3, -0.25) is 0 Å². The van der Waals surface area contributed by atoms with E-state index in [2.05, 4.69) is 13.8 Å². The Hall–Kier alpha value is -2.56. The van der Waals surface area contributed by atoms with Crippen LogP contribution in [0.2, 0.25) is 0 Å². The molecule has 2 aromatic carbocycles. The molecule has 0 saturated heterocycles. The number of rotatable bonds is 24. The molecular formula is C40H61FO4. The minimum atomic E-state index is -0.598. The number of unbranched alkanes of at least 4 members (excludes halogenated alkanes) is 12. The average molecular weight is 625 g/mol. The van der Waals surface area contributed by atoms with Crippen LogP contribution in [0.4, 0.5) is 4.39 Å². The molecule has 0 heterocycles. The number of carbonyl (C=O) groups is 1. The molecule has 1 aliphatic rings. The summed E-state index contributed by atoms with van der Waals surface area (Å²) in [6.45, 7) is 5.69. The molecule has 0 atom stereocenters. The highest BCUT2D eigenvalue weighted by atomic mass is 19.1. The number of carbonyl (C=O) groups excluding carboxylic acids is 1. The Morgan fingerprint density at radius 3 is 1.73 bits per heavy atom. The summed E-state index contributed by atoms with van der Waals surface area (Å²) in [7, 11) is 0. The molecule has 0 N–H and O–H groups in total. The number of halogens is 1. The topological polar surface area (TPSA) is 44.8 Å². The van der Waals surface area contributed by atoms with Crippen molar-refractivity contribution in [1.82, 2.24) is 0 Å². The van der Waals surface area contributed by atoms with Crippen LogP contribution in [0.25, 0.3) is 0 Å². The van der Waals surface area contributed by atoms with Crippen LogP contribution < -0.4 is 14.2 Å². The largest absolute Gasteiger partial charge is 0.494 e. The Balaban J connectivity index is 1.26. The predicted molar refractivity (Wildman–Crippen MR) is 184 cm³/mol. The Morgan fingerprint density at radius 1 is 0.622 bits per heavy atom. The summed E-state index contributed by atoms with van der Waals surface area (Å²) in [5.74, 6) is 2.00. The summed E-state index contributed by atoms with van der Waals surface area (Å²) in [5.41, 5.74) is 0.157. The lowest BCUT2D eigenvalue weighted by atomic mass is 9.78. The summed E-state index contributed by atoms with van der Waals surface area (Å²) in [6, 6.07) is 11.3. The molecule has 0 radical (unpaired) electrons. The van der Waals surface area contributed by atoms with Crippen molar-refractivity contribution in [1.29, 1.82) is 0 Å². The van der Waals surface area contributed by atoms with Gasteiger partial charge in [-0.05, 0) is 73.6 Å². The van der Waals surface area contributed by atoms with Crippen LogP contribution in [-0.4, -0.2) is 19.2 Å². The maximum Gasteiger partial charge on any atom is 0.343 e. The van der Waals surface area contributed by atoms with Crippen molar-refractivity contribution in [2.75, 3.05) is 13.2 Å². The Morgan fingerprint density at radius 2 is 1.13 bits per heavy atom. The van der Waals surface area contributed by atoms with E-state index >= 15 is 0 Å². The van der Waals surface area contributed by atoms with Crippen LogP contribution in [0, 0.1) is 17.7 Å². The van der Waals surface area contributed by atoms with Gasteiger partial charge < -0.3 is 14.2 Å². The van der Waals surface area contributed by atoms with Gasteiger partial charge in [-0.25, -0.2) is 9.18 Å². The van der Waals surface area contributed by atoms with Gasteiger partial charge in [0.2, 0.25) is 0 Å². The van der Waals surface area contributed by atoms with Gasteiger partial charge >= 0.3 is 5.97 Å². The van der Waals surface area contributed by atoms with Crippen molar-refractivity contribution in [3.05, 3.63) is 53.8 Å². The molecule has 0 aromatic heterocycles.